The average molecular weight is 351 g/mol. The van der Waals surface area contributed by atoms with E-state index in [2.05, 4.69) is 17.2 Å². The van der Waals surface area contributed by atoms with E-state index in [1.165, 1.54) is 18.5 Å². The lowest BCUT2D eigenvalue weighted by molar-refractivity contribution is -0.121. The molecule has 0 saturated carbocycles. The molecule has 1 aromatic heterocycles. The Bertz CT molecular complexity index is 882. The van der Waals surface area contributed by atoms with Crippen molar-refractivity contribution in [2.45, 2.75) is 37.6 Å². The van der Waals surface area contributed by atoms with E-state index in [9.17, 15) is 14.7 Å². The quantitative estimate of drug-likeness (QED) is 0.891. The van der Waals surface area contributed by atoms with Crippen LogP contribution < -0.4 is 5.32 Å². The van der Waals surface area contributed by atoms with Gasteiger partial charge in [0.25, 0.3) is 5.91 Å². The predicted octanol–water partition coefficient (Wildman–Crippen LogP) is 2.69. The second kappa shape index (κ2) is 6.12. The summed E-state index contributed by atoms with van der Waals surface area (Å²) in [6.07, 6.45) is 4.95. The zero-order valence-electron chi connectivity index (χ0n) is 14.6. The Kier molecular flexibility index (Phi) is 3.90. The molecule has 4 rings (SSSR count). The highest BCUT2D eigenvalue weighted by Crippen LogP contribution is 2.49. The molecule has 6 nitrogen and oxygen atoms in total. The molecule has 26 heavy (non-hydrogen) atoms. The number of benzene rings is 1. The first-order chi connectivity index (χ1) is 12.6. The Balaban J connectivity index is 1.76. The number of hydrogen-bond acceptors (Lipinski definition) is 4. The molecule has 2 aliphatic rings. The van der Waals surface area contributed by atoms with Gasteiger partial charge in [0.05, 0.1) is 23.2 Å². The molecule has 2 aromatic rings. The van der Waals surface area contributed by atoms with Crippen LogP contribution in [0.25, 0.3) is 0 Å². The lowest BCUT2D eigenvalue weighted by Gasteiger charge is -2.34. The van der Waals surface area contributed by atoms with Crippen LogP contribution in [0.15, 0.2) is 42.7 Å². The van der Waals surface area contributed by atoms with Crippen molar-refractivity contribution >= 4 is 17.5 Å². The van der Waals surface area contributed by atoms with Gasteiger partial charge in [-0.2, -0.15) is 0 Å². The summed E-state index contributed by atoms with van der Waals surface area (Å²) in [7, 11) is 0. The normalized spacial score (nSPS) is 24.0. The molecule has 2 amide bonds. The van der Waals surface area contributed by atoms with Gasteiger partial charge < -0.3 is 15.3 Å². The second-order valence-electron chi connectivity index (χ2n) is 6.96. The third-order valence-corrected chi connectivity index (χ3v) is 5.55. The summed E-state index contributed by atoms with van der Waals surface area (Å²) in [5.41, 5.74) is 1.46. The van der Waals surface area contributed by atoms with Crippen molar-refractivity contribution in [1.29, 1.82) is 0 Å². The first kappa shape index (κ1) is 16.6. The highest BCUT2D eigenvalue weighted by atomic mass is 16.3. The van der Waals surface area contributed by atoms with E-state index in [-0.39, 0.29) is 23.6 Å². The maximum Gasteiger partial charge on any atom is 0.255 e. The molecule has 2 aliphatic heterocycles. The fourth-order valence-corrected chi connectivity index (χ4v) is 4.43. The van der Waals surface area contributed by atoms with Crippen LogP contribution in [0.4, 0.5) is 5.69 Å². The van der Waals surface area contributed by atoms with Crippen LogP contribution >= 0.6 is 0 Å². The van der Waals surface area contributed by atoms with Crippen molar-refractivity contribution in [2.75, 3.05) is 11.9 Å². The van der Waals surface area contributed by atoms with Crippen molar-refractivity contribution in [3.8, 4) is 5.75 Å². The predicted molar refractivity (Wildman–Crippen MR) is 97.0 cm³/mol. The van der Waals surface area contributed by atoms with Crippen LogP contribution in [0.5, 0.6) is 5.75 Å². The van der Waals surface area contributed by atoms with Crippen LogP contribution in [0, 0.1) is 0 Å². The SMILES string of the molecule is CCC[C@@H]1N(C(=O)c2cncc(O)c2)CC[C@]12C(=O)Nc1ccccc12. The van der Waals surface area contributed by atoms with E-state index in [0.717, 1.165) is 24.1 Å². The van der Waals surface area contributed by atoms with Gasteiger partial charge in [-0.05, 0) is 30.5 Å². The van der Waals surface area contributed by atoms with Gasteiger partial charge in [0.15, 0.2) is 0 Å². The number of carbonyl (C=O) groups excluding carboxylic acids is 2. The zero-order chi connectivity index (χ0) is 18.3. The minimum Gasteiger partial charge on any atom is -0.506 e. The highest BCUT2D eigenvalue weighted by Gasteiger charge is 2.58. The van der Waals surface area contributed by atoms with Gasteiger partial charge in [-0.1, -0.05) is 31.5 Å². The molecule has 2 N–H and O–H groups in total. The van der Waals surface area contributed by atoms with E-state index in [4.69, 9.17) is 0 Å². The Morgan fingerprint density at radius 2 is 2.19 bits per heavy atom. The molecule has 1 fully saturated rings. The summed E-state index contributed by atoms with van der Waals surface area (Å²) in [6, 6.07) is 8.95. The Labute approximate surface area is 151 Å². The minimum absolute atomic E-state index is 0.0264. The van der Waals surface area contributed by atoms with Crippen molar-refractivity contribution in [3.63, 3.8) is 0 Å². The van der Waals surface area contributed by atoms with Crippen LogP contribution in [0.3, 0.4) is 0 Å². The van der Waals surface area contributed by atoms with E-state index >= 15 is 0 Å². The molecule has 1 saturated heterocycles. The number of rotatable bonds is 3. The molecular formula is C20H21N3O3. The monoisotopic (exact) mass is 351 g/mol. The fraction of sp³-hybridized carbons (Fsp3) is 0.350. The highest BCUT2D eigenvalue weighted by molar-refractivity contribution is 6.08. The Morgan fingerprint density at radius 1 is 1.38 bits per heavy atom. The number of hydrogen-bond donors (Lipinski definition) is 2. The van der Waals surface area contributed by atoms with Gasteiger partial charge >= 0.3 is 0 Å². The lowest BCUT2D eigenvalue weighted by Crippen LogP contribution is -2.48. The van der Waals surface area contributed by atoms with E-state index in [1.54, 1.807) is 4.90 Å². The smallest absolute Gasteiger partial charge is 0.255 e. The summed E-state index contributed by atoms with van der Waals surface area (Å²) in [5.74, 6) is -0.261. The third kappa shape index (κ3) is 2.29. The maximum absolute atomic E-state index is 13.1. The van der Waals surface area contributed by atoms with Crippen LogP contribution in [-0.2, 0) is 10.2 Å². The zero-order valence-corrected chi connectivity index (χ0v) is 14.6. The third-order valence-electron chi connectivity index (χ3n) is 5.55. The molecule has 0 bridgehead atoms. The number of para-hydroxylation sites is 1. The van der Waals surface area contributed by atoms with Gasteiger partial charge in [-0.25, -0.2) is 0 Å². The van der Waals surface area contributed by atoms with Crippen molar-refractivity contribution in [1.82, 2.24) is 9.88 Å². The first-order valence-corrected chi connectivity index (χ1v) is 8.94. The molecule has 6 heteroatoms. The van der Waals surface area contributed by atoms with Gasteiger partial charge in [0.1, 0.15) is 5.75 Å². The van der Waals surface area contributed by atoms with Crippen LogP contribution in [0.1, 0.15) is 42.1 Å². The second-order valence-corrected chi connectivity index (χ2v) is 6.96. The number of pyridine rings is 1. The number of carbonyl (C=O) groups is 2. The number of nitrogens with one attached hydrogen (secondary N) is 1. The molecule has 134 valence electrons. The van der Waals surface area contributed by atoms with E-state index < -0.39 is 5.41 Å². The van der Waals surface area contributed by atoms with Gasteiger partial charge in [-0.15, -0.1) is 0 Å². The molecule has 0 unspecified atom stereocenters. The number of likely N-dealkylation sites (tertiary alicyclic amines) is 1. The number of aromatic hydroxyl groups is 1. The van der Waals surface area contributed by atoms with Crippen LogP contribution in [-0.4, -0.2) is 39.4 Å². The molecule has 2 atom stereocenters. The summed E-state index contributed by atoms with van der Waals surface area (Å²) >= 11 is 0. The average Bonchev–Trinajstić information content (AvgIpc) is 3.15. The Morgan fingerprint density at radius 3 is 2.96 bits per heavy atom. The summed E-state index contributed by atoms with van der Waals surface area (Å²) in [4.78, 5) is 31.8. The van der Waals surface area contributed by atoms with Crippen molar-refractivity contribution in [2.24, 2.45) is 0 Å². The molecule has 3 heterocycles. The number of amides is 2. The minimum atomic E-state index is -0.702. The first-order valence-electron chi connectivity index (χ1n) is 8.94. The summed E-state index contributed by atoms with van der Waals surface area (Å²) < 4.78 is 0. The molecule has 0 radical (unpaired) electrons. The summed E-state index contributed by atoms with van der Waals surface area (Å²) in [6.45, 7) is 2.56. The number of nitrogens with zero attached hydrogens (tertiary/aromatic N) is 2. The van der Waals surface area contributed by atoms with E-state index in [0.29, 0.717) is 18.5 Å². The molecule has 0 aliphatic carbocycles. The number of aromatic nitrogens is 1. The topological polar surface area (TPSA) is 82.5 Å². The molecular weight excluding hydrogens is 330 g/mol. The van der Waals surface area contributed by atoms with Crippen molar-refractivity contribution in [3.05, 3.63) is 53.9 Å². The lowest BCUT2D eigenvalue weighted by atomic mass is 9.73. The van der Waals surface area contributed by atoms with Gasteiger partial charge in [0, 0.05) is 18.4 Å². The maximum atomic E-state index is 13.1. The van der Waals surface area contributed by atoms with Crippen molar-refractivity contribution < 1.29 is 14.7 Å². The number of anilines is 1. The van der Waals surface area contributed by atoms with Gasteiger partial charge in [0.2, 0.25) is 5.91 Å². The standard InChI is InChI=1S/C20H21N3O3/c1-2-5-17-20(15-6-3-4-7-16(15)22-19(20)26)8-9-23(17)18(25)13-10-14(24)12-21-11-13/h3-4,6-7,10-12,17,24H,2,5,8-9H2,1H3,(H,22,26)/t17-,20+/m0/s1. The Hall–Kier alpha value is -2.89. The summed E-state index contributed by atoms with van der Waals surface area (Å²) in [5, 5.41) is 12.7. The van der Waals surface area contributed by atoms with E-state index in [1.807, 2.05) is 24.3 Å². The molecule has 1 aromatic carbocycles. The van der Waals surface area contributed by atoms with Gasteiger partial charge in [-0.3, -0.25) is 14.6 Å². The van der Waals surface area contributed by atoms with Crippen LogP contribution in [0.2, 0.25) is 0 Å². The molecule has 1 spiro atoms. The fourth-order valence-electron chi connectivity index (χ4n) is 4.43. The number of fused-ring (bicyclic) bond motifs is 2. The largest absolute Gasteiger partial charge is 0.506 e.